The van der Waals surface area contributed by atoms with Gasteiger partial charge in [-0.1, -0.05) is 5.11 Å². The molecule has 1 aromatic heterocycles. The van der Waals surface area contributed by atoms with Crippen molar-refractivity contribution in [2.45, 2.75) is 27.3 Å². The molecule has 1 heterocycles. The van der Waals surface area contributed by atoms with Crippen LogP contribution in [0.3, 0.4) is 0 Å². The number of hydrogen-bond acceptors (Lipinski definition) is 8. The Hall–Kier alpha value is -2.84. The van der Waals surface area contributed by atoms with Gasteiger partial charge in [0.05, 0.1) is 26.4 Å². The lowest BCUT2D eigenvalue weighted by Crippen LogP contribution is -2.18. The molecule has 0 unspecified atom stereocenters. The van der Waals surface area contributed by atoms with Crippen LogP contribution in [0.15, 0.2) is 16.1 Å². The van der Waals surface area contributed by atoms with E-state index in [1.807, 2.05) is 0 Å². The van der Waals surface area contributed by atoms with Crippen LogP contribution in [0.2, 0.25) is 0 Å². The van der Waals surface area contributed by atoms with E-state index < -0.39 is 17.9 Å². The lowest BCUT2D eigenvalue weighted by molar-refractivity contribution is -0.146. The van der Waals surface area contributed by atoms with Crippen molar-refractivity contribution in [3.63, 3.8) is 0 Å². The molecule has 9 nitrogen and oxygen atoms in total. The van der Waals surface area contributed by atoms with Crippen molar-refractivity contribution in [3.8, 4) is 0 Å². The summed E-state index contributed by atoms with van der Waals surface area (Å²) in [5, 5.41) is 5.03. The monoisotopic (exact) mass is 381 g/mol. The van der Waals surface area contributed by atoms with Crippen molar-refractivity contribution < 1.29 is 28.6 Å². The predicted octanol–water partition coefficient (Wildman–Crippen LogP) is 3.24. The van der Waals surface area contributed by atoms with Gasteiger partial charge in [-0.25, -0.2) is 14.4 Å². The second-order valence-corrected chi connectivity index (χ2v) is 5.49. The first-order valence-electron chi connectivity index (χ1n) is 7.84. The second-order valence-electron chi connectivity index (χ2n) is 4.61. The third kappa shape index (κ3) is 5.61. The summed E-state index contributed by atoms with van der Waals surface area (Å²) in [5.74, 6) is -2.26. The summed E-state index contributed by atoms with van der Waals surface area (Å²) in [6, 6.07) is 0. The Kier molecular flexibility index (Phi) is 8.90. The third-order valence-electron chi connectivity index (χ3n) is 2.97. The first-order valence-corrected chi connectivity index (χ1v) is 8.72. The zero-order valence-electron chi connectivity index (χ0n) is 14.7. The molecule has 10 heteroatoms. The number of hydrogen-bond donors (Lipinski definition) is 0. The van der Waals surface area contributed by atoms with E-state index in [4.69, 9.17) is 19.7 Å². The lowest BCUT2D eigenvalue weighted by Gasteiger charge is -2.07. The normalized spacial score (nSPS) is 9.65. The number of ether oxygens (including phenoxy) is 3. The third-order valence-corrected chi connectivity index (χ3v) is 3.99. The molecule has 1 aromatic rings. The lowest BCUT2D eigenvalue weighted by atomic mass is 10.1. The average Bonchev–Trinajstić information content (AvgIpc) is 3.01. The predicted molar refractivity (Wildman–Crippen MR) is 94.4 cm³/mol. The fourth-order valence-corrected chi connectivity index (χ4v) is 2.86. The molecule has 26 heavy (non-hydrogen) atoms. The smallest absolute Gasteiger partial charge is 0.348 e. The van der Waals surface area contributed by atoms with Gasteiger partial charge < -0.3 is 14.2 Å². The Morgan fingerprint density at radius 2 is 1.69 bits per heavy atom. The molecule has 0 fully saturated rings. The topological polar surface area (TPSA) is 128 Å². The Morgan fingerprint density at radius 1 is 1.12 bits per heavy atom. The second kappa shape index (κ2) is 10.9. The summed E-state index contributed by atoms with van der Waals surface area (Å²) in [6.07, 6.45) is 1.26. The van der Waals surface area contributed by atoms with E-state index in [2.05, 4.69) is 10.0 Å². The summed E-state index contributed by atoms with van der Waals surface area (Å²) < 4.78 is 14.7. The Bertz CT molecular complexity index is 729. The maximum Gasteiger partial charge on any atom is 0.348 e. The molecule has 0 saturated heterocycles. The van der Waals surface area contributed by atoms with E-state index >= 15 is 0 Å². The number of carbonyl (C=O) groups excluding carboxylic acids is 3. The molecule has 0 radical (unpaired) electrons. The highest BCUT2D eigenvalue weighted by Crippen LogP contribution is 2.27. The number of azide groups is 1. The molecule has 0 amide bonds. The Morgan fingerprint density at radius 3 is 2.19 bits per heavy atom. The standard InChI is InChI=1S/C16H19N3O6S/c1-4-23-14(20)11(15(21)24-5-2)7-10-9-26-13(16(22)25-6-3)12(10)8-18-19-17/h7,9H,4-6,8H2,1-3H3. The average molecular weight is 381 g/mol. The van der Waals surface area contributed by atoms with Gasteiger partial charge >= 0.3 is 17.9 Å². The molecule has 0 bridgehead atoms. The Balaban J connectivity index is 3.41. The summed E-state index contributed by atoms with van der Waals surface area (Å²) in [4.78, 5) is 39.1. The van der Waals surface area contributed by atoms with E-state index in [1.54, 1.807) is 26.2 Å². The van der Waals surface area contributed by atoms with E-state index in [1.165, 1.54) is 6.08 Å². The zero-order valence-corrected chi connectivity index (χ0v) is 15.5. The summed E-state index contributed by atoms with van der Waals surface area (Å²) in [6.45, 7) is 5.09. The van der Waals surface area contributed by atoms with Crippen molar-refractivity contribution in [3.05, 3.63) is 37.4 Å². The summed E-state index contributed by atoms with van der Waals surface area (Å²) in [7, 11) is 0. The van der Waals surface area contributed by atoms with Crippen LogP contribution in [0.1, 0.15) is 41.6 Å². The van der Waals surface area contributed by atoms with Gasteiger partial charge in [0.25, 0.3) is 0 Å². The van der Waals surface area contributed by atoms with E-state index in [0.717, 1.165) is 11.3 Å². The van der Waals surface area contributed by atoms with Gasteiger partial charge in [-0.3, -0.25) is 0 Å². The SMILES string of the molecule is CCOC(=O)C(=Cc1csc(C(=O)OCC)c1CN=[N+]=[N-])C(=O)OCC. The van der Waals surface area contributed by atoms with E-state index in [0.29, 0.717) is 11.1 Å². The number of esters is 3. The fraction of sp³-hybridized carbons (Fsp3) is 0.438. The largest absolute Gasteiger partial charge is 0.462 e. The van der Waals surface area contributed by atoms with Gasteiger partial charge in [-0.2, -0.15) is 0 Å². The molecular formula is C16H19N3O6S. The van der Waals surface area contributed by atoms with Crippen molar-refractivity contribution in [2.75, 3.05) is 19.8 Å². The van der Waals surface area contributed by atoms with Crippen molar-refractivity contribution >= 4 is 35.3 Å². The van der Waals surface area contributed by atoms with Crippen LogP contribution in [-0.4, -0.2) is 37.7 Å². The minimum atomic E-state index is -0.843. The highest BCUT2D eigenvalue weighted by molar-refractivity contribution is 7.12. The number of nitrogens with zero attached hydrogens (tertiary/aromatic N) is 3. The molecule has 0 saturated carbocycles. The van der Waals surface area contributed by atoms with Crippen LogP contribution in [0.4, 0.5) is 0 Å². The fourth-order valence-electron chi connectivity index (χ4n) is 1.92. The highest BCUT2D eigenvalue weighted by Gasteiger charge is 2.24. The molecule has 0 N–H and O–H groups in total. The van der Waals surface area contributed by atoms with Crippen LogP contribution in [0.5, 0.6) is 0 Å². The van der Waals surface area contributed by atoms with Crippen LogP contribution in [0, 0.1) is 0 Å². The maximum absolute atomic E-state index is 12.1. The first-order chi connectivity index (χ1) is 12.5. The van der Waals surface area contributed by atoms with Gasteiger partial charge in [0, 0.05) is 4.91 Å². The van der Waals surface area contributed by atoms with Crippen molar-refractivity contribution in [2.24, 2.45) is 5.11 Å². The van der Waals surface area contributed by atoms with Gasteiger partial charge in [0.2, 0.25) is 0 Å². The molecule has 0 aromatic carbocycles. The zero-order chi connectivity index (χ0) is 19.5. The van der Waals surface area contributed by atoms with Crippen LogP contribution in [0.25, 0.3) is 16.5 Å². The van der Waals surface area contributed by atoms with Gasteiger partial charge in [-0.15, -0.1) is 11.3 Å². The summed E-state index contributed by atoms with van der Waals surface area (Å²) in [5.41, 5.74) is 8.99. The van der Waals surface area contributed by atoms with Crippen molar-refractivity contribution in [1.29, 1.82) is 0 Å². The number of carbonyl (C=O) groups is 3. The van der Waals surface area contributed by atoms with Gasteiger partial charge in [0.1, 0.15) is 10.5 Å². The van der Waals surface area contributed by atoms with E-state index in [9.17, 15) is 14.4 Å². The molecule has 140 valence electrons. The number of rotatable bonds is 9. The van der Waals surface area contributed by atoms with Gasteiger partial charge in [-0.05, 0) is 48.9 Å². The number of thiophene rings is 1. The molecule has 0 aliphatic heterocycles. The Labute approximate surface area is 154 Å². The minimum absolute atomic E-state index is 0.0822. The maximum atomic E-state index is 12.1. The van der Waals surface area contributed by atoms with E-state index in [-0.39, 0.29) is 36.8 Å². The molecule has 1 rings (SSSR count). The highest BCUT2D eigenvalue weighted by atomic mass is 32.1. The molecule has 0 atom stereocenters. The summed E-state index contributed by atoms with van der Waals surface area (Å²) >= 11 is 1.06. The first kappa shape index (κ1) is 21.2. The molecule has 0 aliphatic rings. The molecule has 0 aliphatic carbocycles. The molecule has 0 spiro atoms. The van der Waals surface area contributed by atoms with Crippen molar-refractivity contribution in [1.82, 2.24) is 0 Å². The van der Waals surface area contributed by atoms with Crippen LogP contribution >= 0.6 is 11.3 Å². The molecular weight excluding hydrogens is 362 g/mol. The van der Waals surface area contributed by atoms with Gasteiger partial charge in [0.15, 0.2) is 0 Å². The van der Waals surface area contributed by atoms with Crippen LogP contribution < -0.4 is 0 Å². The minimum Gasteiger partial charge on any atom is -0.462 e. The quantitative estimate of drug-likeness (QED) is 0.0944. The van der Waals surface area contributed by atoms with Crippen LogP contribution in [-0.2, 0) is 30.3 Å².